The van der Waals surface area contributed by atoms with E-state index in [2.05, 4.69) is 15.9 Å². The van der Waals surface area contributed by atoms with Crippen LogP contribution in [0.1, 0.15) is 21.5 Å². The molecular formula is C15H12BrFO. The van der Waals surface area contributed by atoms with Crippen molar-refractivity contribution in [1.82, 2.24) is 0 Å². The molecule has 0 aliphatic carbocycles. The summed E-state index contributed by atoms with van der Waals surface area (Å²) in [5, 5.41) is 0. The fourth-order valence-corrected chi connectivity index (χ4v) is 2.15. The van der Waals surface area contributed by atoms with Crippen molar-refractivity contribution >= 4 is 21.7 Å². The van der Waals surface area contributed by atoms with Crippen molar-refractivity contribution in [2.24, 2.45) is 0 Å². The van der Waals surface area contributed by atoms with Crippen LogP contribution in [0.3, 0.4) is 0 Å². The Morgan fingerprint density at radius 3 is 2.67 bits per heavy atom. The third kappa shape index (κ3) is 2.85. The van der Waals surface area contributed by atoms with Gasteiger partial charge in [-0.25, -0.2) is 4.39 Å². The number of Topliss-reactive ketones (excluding diaryl/α,β-unsaturated/α-hetero) is 1. The van der Waals surface area contributed by atoms with Gasteiger partial charge in [-0.05, 0) is 36.2 Å². The van der Waals surface area contributed by atoms with Gasteiger partial charge in [0, 0.05) is 10.9 Å². The lowest BCUT2D eigenvalue weighted by atomic mass is 9.99. The van der Waals surface area contributed by atoms with Crippen LogP contribution in [0.5, 0.6) is 0 Å². The number of ketones is 1. The maximum atomic E-state index is 13.6. The summed E-state index contributed by atoms with van der Waals surface area (Å²) >= 11 is 3.25. The maximum absolute atomic E-state index is 13.6. The predicted octanol–water partition coefficient (Wildman–Crippen LogP) is 4.32. The van der Waals surface area contributed by atoms with Crippen molar-refractivity contribution in [3.63, 3.8) is 0 Å². The van der Waals surface area contributed by atoms with Crippen molar-refractivity contribution in [2.75, 3.05) is 0 Å². The molecule has 0 heterocycles. The summed E-state index contributed by atoms with van der Waals surface area (Å²) < 4.78 is 14.3. The molecular weight excluding hydrogens is 295 g/mol. The molecule has 2 aromatic carbocycles. The molecule has 0 radical (unpaired) electrons. The summed E-state index contributed by atoms with van der Waals surface area (Å²) in [5.74, 6) is -0.681. The summed E-state index contributed by atoms with van der Waals surface area (Å²) in [4.78, 5) is 12.1. The second kappa shape index (κ2) is 5.44. The zero-order valence-electron chi connectivity index (χ0n) is 9.91. The van der Waals surface area contributed by atoms with Crippen molar-refractivity contribution in [1.29, 1.82) is 0 Å². The monoisotopic (exact) mass is 306 g/mol. The number of benzene rings is 2. The Morgan fingerprint density at radius 2 is 1.94 bits per heavy atom. The first-order valence-corrected chi connectivity index (χ1v) is 6.40. The summed E-state index contributed by atoms with van der Waals surface area (Å²) in [6, 6.07) is 12.0. The van der Waals surface area contributed by atoms with Crippen LogP contribution in [0.15, 0.2) is 46.9 Å². The second-order valence-electron chi connectivity index (χ2n) is 4.15. The number of hydrogen-bond acceptors (Lipinski definition) is 1. The molecule has 0 amide bonds. The number of halogens is 2. The minimum atomic E-state index is -0.475. The van der Waals surface area contributed by atoms with Gasteiger partial charge in [0.1, 0.15) is 5.82 Å². The van der Waals surface area contributed by atoms with Crippen LogP contribution in [-0.2, 0) is 6.42 Å². The lowest BCUT2D eigenvalue weighted by Crippen LogP contribution is -2.07. The van der Waals surface area contributed by atoms with Crippen molar-refractivity contribution in [3.8, 4) is 0 Å². The molecule has 92 valence electrons. The second-order valence-corrected chi connectivity index (χ2v) is 5.07. The quantitative estimate of drug-likeness (QED) is 0.772. The Balaban J connectivity index is 2.28. The molecule has 1 nitrogen and oxygen atoms in total. The van der Waals surface area contributed by atoms with E-state index in [1.54, 1.807) is 6.07 Å². The maximum Gasteiger partial charge on any atom is 0.170 e. The standard InChI is InChI=1S/C15H12BrFO/c1-10-4-2-3-5-11(10)8-15(18)13-9-12(16)6-7-14(13)17/h2-7,9H,8H2,1H3. The van der Waals surface area contributed by atoms with Gasteiger partial charge in [0.15, 0.2) is 5.78 Å². The van der Waals surface area contributed by atoms with Gasteiger partial charge >= 0.3 is 0 Å². The molecule has 0 unspecified atom stereocenters. The van der Waals surface area contributed by atoms with Gasteiger partial charge < -0.3 is 0 Å². The molecule has 0 aliphatic heterocycles. The average molecular weight is 307 g/mol. The fourth-order valence-electron chi connectivity index (χ4n) is 1.79. The molecule has 0 aliphatic rings. The number of aryl methyl sites for hydroxylation is 1. The predicted molar refractivity (Wildman–Crippen MR) is 73.3 cm³/mol. The normalized spacial score (nSPS) is 10.4. The van der Waals surface area contributed by atoms with Crippen molar-refractivity contribution in [3.05, 3.63) is 69.4 Å². The first-order chi connectivity index (χ1) is 8.58. The van der Waals surface area contributed by atoms with E-state index in [-0.39, 0.29) is 17.8 Å². The molecule has 0 N–H and O–H groups in total. The molecule has 0 saturated carbocycles. The van der Waals surface area contributed by atoms with E-state index in [0.29, 0.717) is 4.47 Å². The van der Waals surface area contributed by atoms with Crippen LogP contribution in [-0.4, -0.2) is 5.78 Å². The third-order valence-electron chi connectivity index (χ3n) is 2.84. The molecule has 2 aromatic rings. The van der Waals surface area contributed by atoms with Gasteiger partial charge in [-0.2, -0.15) is 0 Å². The largest absolute Gasteiger partial charge is 0.294 e. The first-order valence-electron chi connectivity index (χ1n) is 5.60. The number of hydrogen-bond donors (Lipinski definition) is 0. The third-order valence-corrected chi connectivity index (χ3v) is 3.33. The molecule has 0 aromatic heterocycles. The van der Waals surface area contributed by atoms with Crippen LogP contribution in [0.2, 0.25) is 0 Å². The Morgan fingerprint density at radius 1 is 1.22 bits per heavy atom. The zero-order valence-corrected chi connectivity index (χ0v) is 11.5. The molecule has 0 bridgehead atoms. The molecule has 3 heteroatoms. The summed E-state index contributed by atoms with van der Waals surface area (Å²) in [5.41, 5.74) is 2.11. The Kier molecular flexibility index (Phi) is 3.92. The van der Waals surface area contributed by atoms with E-state index >= 15 is 0 Å². The highest BCUT2D eigenvalue weighted by atomic mass is 79.9. The molecule has 2 rings (SSSR count). The number of carbonyl (C=O) groups is 1. The summed E-state index contributed by atoms with van der Waals surface area (Å²) in [7, 11) is 0. The lowest BCUT2D eigenvalue weighted by molar-refractivity contribution is 0.0989. The van der Waals surface area contributed by atoms with Crippen LogP contribution >= 0.6 is 15.9 Å². The fraction of sp³-hybridized carbons (Fsp3) is 0.133. The molecule has 0 saturated heterocycles. The van der Waals surface area contributed by atoms with E-state index in [4.69, 9.17) is 0 Å². The Bertz CT molecular complexity index is 593. The minimum Gasteiger partial charge on any atom is -0.294 e. The Labute approximate surface area is 114 Å². The smallest absolute Gasteiger partial charge is 0.170 e. The lowest BCUT2D eigenvalue weighted by Gasteiger charge is -2.06. The highest BCUT2D eigenvalue weighted by Gasteiger charge is 2.13. The topological polar surface area (TPSA) is 17.1 Å². The van der Waals surface area contributed by atoms with Crippen LogP contribution in [0.4, 0.5) is 4.39 Å². The van der Waals surface area contributed by atoms with Crippen molar-refractivity contribution < 1.29 is 9.18 Å². The van der Waals surface area contributed by atoms with Crippen LogP contribution in [0, 0.1) is 12.7 Å². The summed E-state index contributed by atoms with van der Waals surface area (Å²) in [6.45, 7) is 1.94. The SMILES string of the molecule is Cc1ccccc1CC(=O)c1cc(Br)ccc1F. The van der Waals surface area contributed by atoms with Gasteiger partial charge in [-0.1, -0.05) is 40.2 Å². The Hall–Kier alpha value is -1.48. The van der Waals surface area contributed by atoms with Crippen molar-refractivity contribution in [2.45, 2.75) is 13.3 Å². The molecule has 18 heavy (non-hydrogen) atoms. The number of carbonyl (C=O) groups excluding carboxylic acids is 1. The first kappa shape index (κ1) is 13.0. The zero-order chi connectivity index (χ0) is 13.1. The average Bonchev–Trinajstić information content (AvgIpc) is 2.35. The van der Waals surface area contributed by atoms with E-state index in [0.717, 1.165) is 11.1 Å². The van der Waals surface area contributed by atoms with Gasteiger partial charge in [0.25, 0.3) is 0 Å². The molecule has 0 fully saturated rings. The van der Waals surface area contributed by atoms with Gasteiger partial charge in [-0.3, -0.25) is 4.79 Å². The highest BCUT2D eigenvalue weighted by Crippen LogP contribution is 2.18. The van der Waals surface area contributed by atoms with Gasteiger partial charge in [0.2, 0.25) is 0 Å². The number of rotatable bonds is 3. The summed E-state index contributed by atoms with van der Waals surface area (Å²) in [6.07, 6.45) is 0.222. The minimum absolute atomic E-state index is 0.132. The van der Waals surface area contributed by atoms with Gasteiger partial charge in [0.05, 0.1) is 5.56 Å². The molecule has 0 spiro atoms. The van der Waals surface area contributed by atoms with E-state index in [1.807, 2.05) is 31.2 Å². The van der Waals surface area contributed by atoms with E-state index < -0.39 is 5.82 Å². The van der Waals surface area contributed by atoms with E-state index in [9.17, 15) is 9.18 Å². The van der Waals surface area contributed by atoms with Crippen LogP contribution < -0.4 is 0 Å². The highest BCUT2D eigenvalue weighted by molar-refractivity contribution is 9.10. The van der Waals surface area contributed by atoms with Crippen LogP contribution in [0.25, 0.3) is 0 Å². The van der Waals surface area contributed by atoms with E-state index in [1.165, 1.54) is 12.1 Å². The van der Waals surface area contributed by atoms with Gasteiger partial charge in [-0.15, -0.1) is 0 Å². The molecule has 0 atom stereocenters.